The Morgan fingerprint density at radius 1 is 0.944 bits per heavy atom. The Morgan fingerprint density at radius 2 is 1.50 bits per heavy atom. The van der Waals surface area contributed by atoms with E-state index in [-0.39, 0.29) is 41.2 Å². The predicted octanol–water partition coefficient (Wildman–Crippen LogP) is 5.67. The maximum atomic E-state index is 13.8. The number of likely N-dealkylation sites (tertiary alicyclic amines) is 1. The van der Waals surface area contributed by atoms with Gasteiger partial charge in [0.15, 0.2) is 8.32 Å². The molecule has 0 bridgehead atoms. The third-order valence-corrected chi connectivity index (χ3v) is 13.1. The lowest BCUT2D eigenvalue weighted by Crippen LogP contribution is -2.74. The van der Waals surface area contributed by atoms with Gasteiger partial charge in [0.25, 0.3) is 0 Å². The number of likely N-dealkylation sites (N-methyl/N-ethyl adjacent to an activating group) is 1. The molecule has 2 heterocycles. The summed E-state index contributed by atoms with van der Waals surface area (Å²) in [5, 5.41) is 0.0412. The second kappa shape index (κ2) is 9.67. The largest absolute Gasteiger partial charge is 0.412 e. The molecule has 2 saturated heterocycles. The van der Waals surface area contributed by atoms with Crippen molar-refractivity contribution >= 4 is 20.3 Å². The van der Waals surface area contributed by atoms with Crippen LogP contribution in [-0.4, -0.2) is 66.2 Å². The minimum Gasteiger partial charge on any atom is -0.412 e. The molecule has 2 aromatic carbocycles. The van der Waals surface area contributed by atoms with Gasteiger partial charge in [-0.15, -0.1) is 0 Å². The number of nitrogens with zero attached hydrogens (tertiary/aromatic N) is 3. The molecule has 2 aliphatic heterocycles. The number of carbonyl (C=O) groups excluding carboxylic acids is 2. The van der Waals surface area contributed by atoms with Gasteiger partial charge in [-0.2, -0.15) is 0 Å². The van der Waals surface area contributed by atoms with Crippen molar-refractivity contribution in [2.75, 3.05) is 7.05 Å². The summed E-state index contributed by atoms with van der Waals surface area (Å²) < 4.78 is 6.84. The van der Waals surface area contributed by atoms with Crippen molar-refractivity contribution in [3.8, 4) is 0 Å². The van der Waals surface area contributed by atoms with Gasteiger partial charge < -0.3 is 19.1 Å². The van der Waals surface area contributed by atoms with Crippen LogP contribution in [-0.2, 0) is 15.8 Å². The standard InChI is InChI=1S/C29H41N3O3Si/c1-20-24(23-17-13-10-14-18-23)32(28(34)30(20)6)26-25(21(2)35-36(7,8)29(3,4)5)31(27(26)33)19-22-15-11-9-12-16-22/h9-18,20-21,24-26H,19H2,1-8H3/t20-,21-,24-,25-,26+/m0/s1. The van der Waals surface area contributed by atoms with E-state index in [1.165, 1.54) is 0 Å². The summed E-state index contributed by atoms with van der Waals surface area (Å²) in [6.45, 7) is 15.8. The van der Waals surface area contributed by atoms with Crippen LogP contribution in [0.2, 0.25) is 18.1 Å². The molecule has 0 saturated carbocycles. The molecular formula is C29H41N3O3Si. The number of β-lactam (4-membered cyclic amide) rings is 1. The zero-order valence-corrected chi connectivity index (χ0v) is 23.9. The minimum absolute atomic E-state index is 0.00804. The van der Waals surface area contributed by atoms with Crippen LogP contribution in [0, 0.1) is 0 Å². The molecule has 6 nitrogen and oxygen atoms in total. The first-order valence-electron chi connectivity index (χ1n) is 13.0. The van der Waals surface area contributed by atoms with Crippen molar-refractivity contribution in [2.24, 2.45) is 0 Å². The SMILES string of the molecule is C[C@H](O[Si](C)(C)C(C)(C)C)[C@H]1[C@@H](N2C(=O)N(C)[C@@H](C)[C@H]2c2ccccc2)C(=O)N1Cc1ccccc1. The van der Waals surface area contributed by atoms with E-state index in [9.17, 15) is 9.59 Å². The Kier molecular flexibility index (Phi) is 7.10. The summed E-state index contributed by atoms with van der Waals surface area (Å²) in [5.74, 6) is -0.00804. The molecule has 0 spiro atoms. The third-order valence-electron chi connectivity index (χ3n) is 8.51. The van der Waals surface area contributed by atoms with Crippen LogP contribution in [0.3, 0.4) is 0 Å². The van der Waals surface area contributed by atoms with E-state index < -0.39 is 14.4 Å². The van der Waals surface area contributed by atoms with E-state index >= 15 is 0 Å². The fraction of sp³-hybridized carbons (Fsp3) is 0.517. The van der Waals surface area contributed by atoms with E-state index in [4.69, 9.17) is 4.43 Å². The monoisotopic (exact) mass is 507 g/mol. The molecule has 2 fully saturated rings. The number of hydrogen-bond acceptors (Lipinski definition) is 3. The lowest BCUT2D eigenvalue weighted by Gasteiger charge is -2.55. The van der Waals surface area contributed by atoms with Crippen molar-refractivity contribution < 1.29 is 14.0 Å². The van der Waals surface area contributed by atoms with Crippen molar-refractivity contribution in [3.63, 3.8) is 0 Å². The fourth-order valence-electron chi connectivity index (χ4n) is 5.32. The summed E-state index contributed by atoms with van der Waals surface area (Å²) in [5.41, 5.74) is 2.13. The Balaban J connectivity index is 1.71. The molecule has 5 atom stereocenters. The summed E-state index contributed by atoms with van der Waals surface area (Å²) in [4.78, 5) is 33.0. The van der Waals surface area contributed by atoms with E-state index in [2.05, 4.69) is 59.8 Å². The van der Waals surface area contributed by atoms with Crippen LogP contribution in [0.1, 0.15) is 51.8 Å². The number of hydrogen-bond donors (Lipinski definition) is 0. The predicted molar refractivity (Wildman–Crippen MR) is 146 cm³/mol. The Morgan fingerprint density at radius 3 is 2.06 bits per heavy atom. The average Bonchev–Trinajstić information content (AvgIpc) is 3.04. The Bertz CT molecular complexity index is 1090. The molecule has 0 radical (unpaired) electrons. The zero-order valence-electron chi connectivity index (χ0n) is 22.9. The van der Waals surface area contributed by atoms with E-state index in [0.717, 1.165) is 11.1 Å². The lowest BCUT2D eigenvalue weighted by atomic mass is 9.86. The van der Waals surface area contributed by atoms with Crippen molar-refractivity contribution in [1.82, 2.24) is 14.7 Å². The lowest BCUT2D eigenvalue weighted by molar-refractivity contribution is -0.166. The molecule has 0 unspecified atom stereocenters. The van der Waals surface area contributed by atoms with E-state index in [0.29, 0.717) is 6.54 Å². The molecule has 7 heteroatoms. The highest BCUT2D eigenvalue weighted by atomic mass is 28.4. The van der Waals surface area contributed by atoms with Gasteiger partial charge in [0.05, 0.1) is 24.2 Å². The highest BCUT2D eigenvalue weighted by Crippen LogP contribution is 2.44. The first-order chi connectivity index (χ1) is 16.8. The summed E-state index contributed by atoms with van der Waals surface area (Å²) in [7, 11) is -0.271. The number of amides is 3. The topological polar surface area (TPSA) is 53.1 Å². The van der Waals surface area contributed by atoms with Gasteiger partial charge in [0.2, 0.25) is 5.91 Å². The van der Waals surface area contributed by atoms with Crippen LogP contribution in [0.25, 0.3) is 0 Å². The number of carbonyl (C=O) groups is 2. The van der Waals surface area contributed by atoms with Crippen LogP contribution < -0.4 is 0 Å². The van der Waals surface area contributed by atoms with Crippen LogP contribution in [0.4, 0.5) is 4.79 Å². The fourth-order valence-corrected chi connectivity index (χ4v) is 6.74. The quantitative estimate of drug-likeness (QED) is 0.358. The van der Waals surface area contributed by atoms with Crippen molar-refractivity contribution in [1.29, 1.82) is 0 Å². The summed E-state index contributed by atoms with van der Waals surface area (Å²) in [6.07, 6.45) is -0.206. The van der Waals surface area contributed by atoms with Gasteiger partial charge in [-0.05, 0) is 43.1 Å². The third kappa shape index (κ3) is 4.59. The van der Waals surface area contributed by atoms with Crippen molar-refractivity contribution in [2.45, 2.75) is 89.6 Å². The van der Waals surface area contributed by atoms with Crippen LogP contribution in [0.5, 0.6) is 0 Å². The van der Waals surface area contributed by atoms with E-state index in [1.807, 2.05) is 65.4 Å². The molecule has 0 N–H and O–H groups in total. The van der Waals surface area contributed by atoms with Gasteiger partial charge in [-0.1, -0.05) is 81.4 Å². The maximum absolute atomic E-state index is 13.8. The van der Waals surface area contributed by atoms with Crippen LogP contribution >= 0.6 is 0 Å². The smallest absolute Gasteiger partial charge is 0.321 e. The molecule has 194 valence electrons. The molecular weight excluding hydrogens is 466 g/mol. The zero-order chi connectivity index (χ0) is 26.4. The molecule has 3 amide bonds. The van der Waals surface area contributed by atoms with Gasteiger partial charge in [0.1, 0.15) is 6.04 Å². The summed E-state index contributed by atoms with van der Waals surface area (Å²) in [6, 6.07) is 19.0. The second-order valence-corrected chi connectivity index (χ2v) is 16.6. The molecule has 4 rings (SSSR count). The molecule has 2 aliphatic rings. The highest BCUT2D eigenvalue weighted by Gasteiger charge is 2.60. The van der Waals surface area contributed by atoms with Crippen molar-refractivity contribution in [3.05, 3.63) is 71.8 Å². The number of urea groups is 1. The molecule has 36 heavy (non-hydrogen) atoms. The Hall–Kier alpha value is -2.64. The maximum Gasteiger partial charge on any atom is 0.321 e. The molecule has 0 aromatic heterocycles. The number of rotatable bonds is 7. The normalized spacial score (nSPS) is 25.8. The van der Waals surface area contributed by atoms with Gasteiger partial charge in [-0.3, -0.25) is 4.79 Å². The Labute approximate surface area is 217 Å². The number of benzene rings is 2. The minimum atomic E-state index is -2.10. The van der Waals surface area contributed by atoms with Gasteiger partial charge >= 0.3 is 6.03 Å². The first-order valence-corrected chi connectivity index (χ1v) is 15.9. The van der Waals surface area contributed by atoms with Crippen LogP contribution in [0.15, 0.2) is 60.7 Å². The molecule has 0 aliphatic carbocycles. The highest BCUT2D eigenvalue weighted by molar-refractivity contribution is 6.74. The first kappa shape index (κ1) is 26.4. The van der Waals surface area contributed by atoms with Gasteiger partial charge in [0, 0.05) is 13.6 Å². The second-order valence-electron chi connectivity index (χ2n) is 11.9. The summed E-state index contributed by atoms with van der Waals surface area (Å²) >= 11 is 0. The molecule has 2 aromatic rings. The average molecular weight is 508 g/mol. The van der Waals surface area contributed by atoms with E-state index in [1.54, 1.807) is 4.90 Å². The van der Waals surface area contributed by atoms with Gasteiger partial charge in [-0.25, -0.2) is 4.79 Å².